The quantitative estimate of drug-likeness (QED) is 0.550. The van der Waals surface area contributed by atoms with E-state index >= 15 is 0 Å². The topological polar surface area (TPSA) is 17.0 Å². The van der Waals surface area contributed by atoms with Gasteiger partial charge in [-0.05, 0) is 6.07 Å². The molecular formula is C8H7ClNO+. The Labute approximate surface area is 69.0 Å². The third kappa shape index (κ3) is 0.906. The molecule has 1 aromatic heterocycles. The summed E-state index contributed by atoms with van der Waals surface area (Å²) in [5.74, 6) is 0. The summed E-state index contributed by atoms with van der Waals surface area (Å²) in [6, 6.07) is 7.72. The Bertz CT molecular complexity index is 394. The van der Waals surface area contributed by atoms with E-state index < -0.39 is 0 Å². The number of benzene rings is 1. The lowest BCUT2D eigenvalue weighted by Crippen LogP contribution is -2.26. The van der Waals surface area contributed by atoms with Gasteiger partial charge in [-0.25, -0.2) is 0 Å². The Balaban J connectivity index is 2.92. The van der Waals surface area contributed by atoms with Crippen LogP contribution < -0.4 is 4.57 Å². The van der Waals surface area contributed by atoms with Crippen molar-refractivity contribution in [2.45, 2.75) is 0 Å². The lowest BCUT2D eigenvalue weighted by atomic mass is 10.3. The van der Waals surface area contributed by atoms with Gasteiger partial charge in [-0.1, -0.05) is 12.1 Å². The Morgan fingerprint density at radius 1 is 1.36 bits per heavy atom. The number of nitrogens with zero attached hydrogens (tertiary/aromatic N) is 1. The van der Waals surface area contributed by atoms with E-state index in [0.717, 1.165) is 11.1 Å². The van der Waals surface area contributed by atoms with Gasteiger partial charge in [-0.2, -0.15) is 0 Å². The second-order valence-electron chi connectivity index (χ2n) is 2.38. The van der Waals surface area contributed by atoms with Gasteiger partial charge in [0, 0.05) is 17.7 Å². The van der Waals surface area contributed by atoms with Crippen LogP contribution in [0.3, 0.4) is 0 Å². The number of para-hydroxylation sites is 2. The van der Waals surface area contributed by atoms with Crippen molar-refractivity contribution in [3.05, 3.63) is 29.6 Å². The van der Waals surface area contributed by atoms with Gasteiger partial charge < -0.3 is 4.42 Å². The Morgan fingerprint density at radius 2 is 2.09 bits per heavy atom. The highest BCUT2D eigenvalue weighted by Gasteiger charge is 2.14. The fraction of sp³-hybridized carbons (Fsp3) is 0.125. The number of oxazole rings is 1. The monoisotopic (exact) mass is 168 g/mol. The Hall–Kier alpha value is -1.02. The summed E-state index contributed by atoms with van der Waals surface area (Å²) in [7, 11) is 1.87. The van der Waals surface area contributed by atoms with Gasteiger partial charge >= 0.3 is 5.35 Å². The van der Waals surface area contributed by atoms with Gasteiger partial charge in [0.1, 0.15) is 7.05 Å². The number of rotatable bonds is 0. The third-order valence-corrected chi connectivity index (χ3v) is 2.02. The molecule has 0 radical (unpaired) electrons. The molecule has 0 amide bonds. The van der Waals surface area contributed by atoms with E-state index in [0.29, 0.717) is 5.35 Å². The predicted octanol–water partition coefficient (Wildman–Crippen LogP) is 1.91. The molecule has 0 atom stereocenters. The van der Waals surface area contributed by atoms with E-state index in [-0.39, 0.29) is 0 Å². The maximum Gasteiger partial charge on any atom is 0.450 e. The fourth-order valence-electron chi connectivity index (χ4n) is 1.07. The second-order valence-corrected chi connectivity index (χ2v) is 2.71. The minimum absolute atomic E-state index is 0.409. The molecule has 0 saturated carbocycles. The van der Waals surface area contributed by atoms with Crippen LogP contribution in [-0.4, -0.2) is 0 Å². The molecule has 2 rings (SSSR count). The molecule has 0 aliphatic carbocycles. The molecule has 1 aromatic carbocycles. The summed E-state index contributed by atoms with van der Waals surface area (Å²) in [4.78, 5) is 0. The van der Waals surface area contributed by atoms with E-state index in [2.05, 4.69) is 0 Å². The summed E-state index contributed by atoms with van der Waals surface area (Å²) >= 11 is 5.75. The van der Waals surface area contributed by atoms with Crippen molar-refractivity contribution in [1.82, 2.24) is 0 Å². The molecule has 0 N–H and O–H groups in total. The summed E-state index contributed by atoms with van der Waals surface area (Å²) < 4.78 is 7.03. The van der Waals surface area contributed by atoms with Crippen molar-refractivity contribution in [1.29, 1.82) is 0 Å². The van der Waals surface area contributed by atoms with Crippen molar-refractivity contribution in [2.24, 2.45) is 7.05 Å². The summed E-state index contributed by atoms with van der Waals surface area (Å²) in [5, 5.41) is 0.409. The molecule has 0 unspecified atom stereocenters. The lowest BCUT2D eigenvalue weighted by Gasteiger charge is -1.78. The van der Waals surface area contributed by atoms with Gasteiger partial charge in [0.05, 0.1) is 0 Å². The van der Waals surface area contributed by atoms with Crippen LogP contribution in [0.2, 0.25) is 5.35 Å². The zero-order valence-electron chi connectivity index (χ0n) is 6.04. The number of fused-ring (bicyclic) bond motifs is 1. The van der Waals surface area contributed by atoms with Crippen LogP contribution in [0, 0.1) is 0 Å². The van der Waals surface area contributed by atoms with E-state index in [1.54, 1.807) is 4.57 Å². The molecule has 3 heteroatoms. The maximum atomic E-state index is 5.75. The van der Waals surface area contributed by atoms with Crippen LogP contribution in [-0.2, 0) is 7.05 Å². The number of hydrogen-bond acceptors (Lipinski definition) is 1. The molecular weight excluding hydrogens is 162 g/mol. The van der Waals surface area contributed by atoms with Crippen molar-refractivity contribution in [3.63, 3.8) is 0 Å². The van der Waals surface area contributed by atoms with E-state index in [1.165, 1.54) is 0 Å². The summed E-state index contributed by atoms with van der Waals surface area (Å²) in [6.07, 6.45) is 0. The van der Waals surface area contributed by atoms with Crippen LogP contribution in [0.1, 0.15) is 0 Å². The van der Waals surface area contributed by atoms with Gasteiger partial charge in [0.25, 0.3) is 5.52 Å². The molecule has 2 aromatic rings. The normalized spacial score (nSPS) is 10.7. The molecule has 0 aliphatic rings. The first-order valence-electron chi connectivity index (χ1n) is 3.32. The van der Waals surface area contributed by atoms with Crippen molar-refractivity contribution in [2.75, 3.05) is 0 Å². The SMILES string of the molecule is C[n+]1c(Cl)oc2ccccc21. The van der Waals surface area contributed by atoms with Gasteiger partial charge in [0.15, 0.2) is 0 Å². The highest BCUT2D eigenvalue weighted by Crippen LogP contribution is 2.14. The van der Waals surface area contributed by atoms with Crippen LogP contribution in [0.4, 0.5) is 0 Å². The highest BCUT2D eigenvalue weighted by atomic mass is 35.5. The maximum absolute atomic E-state index is 5.75. The number of halogens is 1. The first kappa shape index (κ1) is 6.68. The zero-order chi connectivity index (χ0) is 7.84. The van der Waals surface area contributed by atoms with Gasteiger partial charge in [0.2, 0.25) is 5.58 Å². The Kier molecular flexibility index (Phi) is 1.36. The lowest BCUT2D eigenvalue weighted by molar-refractivity contribution is -0.647. The van der Waals surface area contributed by atoms with Crippen LogP contribution in [0.15, 0.2) is 28.7 Å². The highest BCUT2D eigenvalue weighted by molar-refractivity contribution is 6.27. The smallest absolute Gasteiger partial charge is 0.389 e. The zero-order valence-corrected chi connectivity index (χ0v) is 6.80. The van der Waals surface area contributed by atoms with Crippen molar-refractivity contribution < 1.29 is 8.98 Å². The van der Waals surface area contributed by atoms with E-state index in [4.69, 9.17) is 16.0 Å². The van der Waals surface area contributed by atoms with Gasteiger partial charge in [-0.3, -0.25) is 0 Å². The van der Waals surface area contributed by atoms with E-state index in [1.807, 2.05) is 31.3 Å². The second kappa shape index (κ2) is 2.24. The standard InChI is InChI=1S/C8H7ClNO/c1-10-6-4-2-3-5-7(6)11-8(10)9/h2-5H,1H3/q+1. The minimum atomic E-state index is 0.409. The third-order valence-electron chi connectivity index (χ3n) is 1.68. The molecule has 0 spiro atoms. The average Bonchev–Trinajstić information content (AvgIpc) is 2.30. The fourth-order valence-corrected chi connectivity index (χ4v) is 1.25. The molecule has 56 valence electrons. The molecule has 2 nitrogen and oxygen atoms in total. The van der Waals surface area contributed by atoms with Gasteiger partial charge in [-0.15, -0.1) is 4.57 Å². The average molecular weight is 169 g/mol. The first-order chi connectivity index (χ1) is 5.29. The number of aromatic nitrogens is 1. The van der Waals surface area contributed by atoms with Crippen LogP contribution in [0.5, 0.6) is 0 Å². The molecule has 0 aliphatic heterocycles. The molecule has 0 bridgehead atoms. The van der Waals surface area contributed by atoms with Crippen LogP contribution in [0.25, 0.3) is 11.1 Å². The molecule has 11 heavy (non-hydrogen) atoms. The van der Waals surface area contributed by atoms with Crippen molar-refractivity contribution >= 4 is 22.7 Å². The molecule has 0 saturated heterocycles. The van der Waals surface area contributed by atoms with E-state index in [9.17, 15) is 0 Å². The summed E-state index contributed by atoms with van der Waals surface area (Å²) in [6.45, 7) is 0. The predicted molar refractivity (Wildman–Crippen MR) is 42.4 cm³/mol. The molecule has 0 fully saturated rings. The van der Waals surface area contributed by atoms with Crippen LogP contribution >= 0.6 is 11.6 Å². The first-order valence-corrected chi connectivity index (χ1v) is 3.70. The Morgan fingerprint density at radius 3 is 2.82 bits per heavy atom. The largest absolute Gasteiger partial charge is 0.450 e. The van der Waals surface area contributed by atoms with Crippen molar-refractivity contribution in [3.8, 4) is 0 Å². The number of hydrogen-bond donors (Lipinski definition) is 0. The molecule has 1 heterocycles. The number of aryl methyl sites for hydroxylation is 1. The summed E-state index contributed by atoms with van der Waals surface area (Å²) in [5.41, 5.74) is 1.83. The minimum Gasteiger partial charge on any atom is -0.389 e.